The summed E-state index contributed by atoms with van der Waals surface area (Å²) < 4.78 is 10.4. The van der Waals surface area contributed by atoms with Gasteiger partial charge in [0.05, 0.1) is 25.3 Å². The van der Waals surface area contributed by atoms with Crippen LogP contribution in [-0.2, 0) is 4.74 Å². The molecule has 0 unspecified atom stereocenters. The summed E-state index contributed by atoms with van der Waals surface area (Å²) in [7, 11) is 1.66. The molecule has 0 fully saturated rings. The lowest BCUT2D eigenvalue weighted by atomic mass is 9.97. The van der Waals surface area contributed by atoms with Gasteiger partial charge >= 0.3 is 5.97 Å². The Morgan fingerprint density at radius 1 is 1.14 bits per heavy atom. The molecule has 0 bridgehead atoms. The summed E-state index contributed by atoms with van der Waals surface area (Å²) in [6, 6.07) is 13.5. The van der Waals surface area contributed by atoms with Crippen molar-refractivity contribution in [2.24, 2.45) is 5.92 Å². The van der Waals surface area contributed by atoms with Crippen LogP contribution in [0, 0.1) is 12.8 Å². The van der Waals surface area contributed by atoms with E-state index >= 15 is 0 Å². The van der Waals surface area contributed by atoms with Crippen LogP contribution in [-0.4, -0.2) is 24.8 Å². The Balaban J connectivity index is 2.15. The molecular formula is C23H30N2O3S. The Bertz CT molecular complexity index is 835. The second-order valence-corrected chi connectivity index (χ2v) is 7.66. The summed E-state index contributed by atoms with van der Waals surface area (Å²) in [6.07, 6.45) is 0.927. The number of anilines is 1. The lowest BCUT2D eigenvalue weighted by molar-refractivity contribution is 0.0525. The fourth-order valence-electron chi connectivity index (χ4n) is 3.10. The number of rotatable bonds is 8. The van der Waals surface area contributed by atoms with Gasteiger partial charge in [-0.2, -0.15) is 0 Å². The molecule has 0 saturated heterocycles. The zero-order valence-corrected chi connectivity index (χ0v) is 18.6. The van der Waals surface area contributed by atoms with Crippen LogP contribution in [0.15, 0.2) is 42.5 Å². The molecule has 156 valence electrons. The third-order valence-corrected chi connectivity index (χ3v) is 4.83. The molecule has 0 spiro atoms. The number of benzene rings is 2. The van der Waals surface area contributed by atoms with Crippen molar-refractivity contribution in [2.45, 2.75) is 40.2 Å². The van der Waals surface area contributed by atoms with Crippen molar-refractivity contribution in [1.82, 2.24) is 5.32 Å². The number of hydrogen-bond donors (Lipinski definition) is 2. The van der Waals surface area contributed by atoms with Gasteiger partial charge < -0.3 is 20.1 Å². The standard InChI is InChI=1S/C23H30N2O3S/c1-6-28-22(26)19-8-7-9-20(16(19)4)24-23(29)25-21(14-15(2)3)17-10-12-18(27-5)13-11-17/h7-13,15,21H,6,14H2,1-5H3,(H2,24,25,29)/t21-/m1/s1. The van der Waals surface area contributed by atoms with Crippen molar-refractivity contribution in [2.75, 3.05) is 19.0 Å². The predicted octanol–water partition coefficient (Wildman–Crippen LogP) is 5.25. The first kappa shape index (κ1) is 22.7. The summed E-state index contributed by atoms with van der Waals surface area (Å²) in [6.45, 7) is 8.38. The maximum absolute atomic E-state index is 12.1. The van der Waals surface area contributed by atoms with Gasteiger partial charge in [-0.3, -0.25) is 0 Å². The van der Waals surface area contributed by atoms with E-state index in [0.29, 0.717) is 23.2 Å². The lowest BCUT2D eigenvalue weighted by Gasteiger charge is -2.24. The number of ether oxygens (including phenoxy) is 2. The highest BCUT2D eigenvalue weighted by Gasteiger charge is 2.17. The molecule has 2 N–H and O–H groups in total. The molecule has 0 heterocycles. The van der Waals surface area contributed by atoms with Crippen molar-refractivity contribution in [3.8, 4) is 5.75 Å². The zero-order chi connectivity index (χ0) is 21.4. The second kappa shape index (κ2) is 10.8. The van der Waals surface area contributed by atoms with E-state index in [0.717, 1.165) is 29.0 Å². The maximum atomic E-state index is 12.1. The van der Waals surface area contributed by atoms with Crippen molar-refractivity contribution < 1.29 is 14.3 Å². The minimum atomic E-state index is -0.330. The number of carbonyl (C=O) groups excluding carboxylic acids is 1. The normalized spacial score (nSPS) is 11.7. The summed E-state index contributed by atoms with van der Waals surface area (Å²) in [5, 5.41) is 7.16. The van der Waals surface area contributed by atoms with E-state index in [1.807, 2.05) is 43.3 Å². The van der Waals surface area contributed by atoms with Gasteiger partial charge in [0.25, 0.3) is 0 Å². The highest BCUT2D eigenvalue weighted by molar-refractivity contribution is 7.80. The van der Waals surface area contributed by atoms with Crippen molar-refractivity contribution in [1.29, 1.82) is 0 Å². The molecule has 6 heteroatoms. The molecule has 5 nitrogen and oxygen atoms in total. The number of esters is 1. The van der Waals surface area contributed by atoms with Crippen molar-refractivity contribution in [3.63, 3.8) is 0 Å². The summed E-state index contributed by atoms with van der Waals surface area (Å²) in [5.74, 6) is 0.985. The summed E-state index contributed by atoms with van der Waals surface area (Å²) in [4.78, 5) is 12.1. The van der Waals surface area contributed by atoms with E-state index < -0.39 is 0 Å². The van der Waals surface area contributed by atoms with E-state index in [2.05, 4.69) is 24.5 Å². The first-order valence-electron chi connectivity index (χ1n) is 9.83. The Kier molecular flexibility index (Phi) is 8.46. The first-order chi connectivity index (χ1) is 13.8. The molecule has 2 aromatic carbocycles. The molecule has 2 aromatic rings. The highest BCUT2D eigenvalue weighted by Crippen LogP contribution is 2.25. The van der Waals surface area contributed by atoms with E-state index in [1.54, 1.807) is 20.1 Å². The molecule has 0 radical (unpaired) electrons. The number of carbonyl (C=O) groups is 1. The molecule has 2 rings (SSSR count). The molecular weight excluding hydrogens is 384 g/mol. The summed E-state index contributed by atoms with van der Waals surface area (Å²) >= 11 is 5.57. The van der Waals surface area contributed by atoms with Gasteiger partial charge in [-0.25, -0.2) is 4.79 Å². The Morgan fingerprint density at radius 2 is 1.83 bits per heavy atom. The topological polar surface area (TPSA) is 59.6 Å². The van der Waals surface area contributed by atoms with Crippen LogP contribution < -0.4 is 15.4 Å². The molecule has 0 saturated carbocycles. The van der Waals surface area contributed by atoms with Gasteiger partial charge in [-0.15, -0.1) is 0 Å². The summed E-state index contributed by atoms with van der Waals surface area (Å²) in [5.41, 5.74) is 3.26. The number of thiocarbonyl (C=S) groups is 1. The lowest BCUT2D eigenvalue weighted by Crippen LogP contribution is -2.33. The van der Waals surface area contributed by atoms with Gasteiger partial charge in [0.15, 0.2) is 5.11 Å². The molecule has 0 aliphatic carbocycles. The Morgan fingerprint density at radius 3 is 2.41 bits per heavy atom. The molecule has 1 atom stereocenters. The van der Waals surface area contributed by atoms with Crippen LogP contribution in [0.1, 0.15) is 54.7 Å². The van der Waals surface area contributed by atoms with E-state index in [9.17, 15) is 4.79 Å². The Labute approximate surface area is 178 Å². The first-order valence-corrected chi connectivity index (χ1v) is 10.2. The van der Waals surface area contributed by atoms with Crippen LogP contribution in [0.5, 0.6) is 5.75 Å². The van der Waals surface area contributed by atoms with Gasteiger partial charge in [0.1, 0.15) is 5.75 Å². The monoisotopic (exact) mass is 414 g/mol. The minimum absolute atomic E-state index is 0.0643. The van der Waals surface area contributed by atoms with Gasteiger partial charge in [0, 0.05) is 5.69 Å². The van der Waals surface area contributed by atoms with Crippen molar-refractivity contribution >= 4 is 29.0 Å². The number of hydrogen-bond acceptors (Lipinski definition) is 4. The fourth-order valence-corrected chi connectivity index (χ4v) is 3.36. The maximum Gasteiger partial charge on any atom is 0.338 e. The van der Waals surface area contributed by atoms with Gasteiger partial charge in [-0.1, -0.05) is 32.0 Å². The van der Waals surface area contributed by atoms with E-state index in [4.69, 9.17) is 21.7 Å². The van der Waals surface area contributed by atoms with Crippen LogP contribution >= 0.6 is 12.2 Å². The Hall–Kier alpha value is -2.60. The van der Waals surface area contributed by atoms with Crippen LogP contribution in [0.2, 0.25) is 0 Å². The van der Waals surface area contributed by atoms with E-state index in [-0.39, 0.29) is 12.0 Å². The molecule has 29 heavy (non-hydrogen) atoms. The third kappa shape index (κ3) is 6.46. The predicted molar refractivity (Wildman–Crippen MR) is 122 cm³/mol. The van der Waals surface area contributed by atoms with Gasteiger partial charge in [-0.05, 0) is 73.8 Å². The fraction of sp³-hybridized carbons (Fsp3) is 0.391. The molecule has 0 aliphatic rings. The largest absolute Gasteiger partial charge is 0.497 e. The number of nitrogens with one attached hydrogen (secondary N) is 2. The highest BCUT2D eigenvalue weighted by atomic mass is 32.1. The zero-order valence-electron chi connectivity index (χ0n) is 17.7. The third-order valence-electron chi connectivity index (χ3n) is 4.61. The average Bonchev–Trinajstić information content (AvgIpc) is 2.69. The molecule has 0 amide bonds. The van der Waals surface area contributed by atoms with Crippen LogP contribution in [0.3, 0.4) is 0 Å². The molecule has 0 aromatic heterocycles. The molecule has 0 aliphatic heterocycles. The van der Waals surface area contributed by atoms with Crippen LogP contribution in [0.4, 0.5) is 5.69 Å². The number of methoxy groups -OCH3 is 1. The van der Waals surface area contributed by atoms with Crippen molar-refractivity contribution in [3.05, 3.63) is 59.2 Å². The minimum Gasteiger partial charge on any atom is -0.497 e. The quantitative estimate of drug-likeness (QED) is 0.454. The SMILES string of the molecule is CCOC(=O)c1cccc(NC(=S)N[C@H](CC(C)C)c2ccc(OC)cc2)c1C. The average molecular weight is 415 g/mol. The van der Waals surface area contributed by atoms with Gasteiger partial charge in [0.2, 0.25) is 0 Å². The van der Waals surface area contributed by atoms with E-state index in [1.165, 1.54) is 0 Å². The smallest absolute Gasteiger partial charge is 0.338 e. The van der Waals surface area contributed by atoms with Crippen LogP contribution in [0.25, 0.3) is 0 Å². The second-order valence-electron chi connectivity index (χ2n) is 7.25.